The lowest BCUT2D eigenvalue weighted by molar-refractivity contribution is 0.100. The molecule has 0 saturated carbocycles. The summed E-state index contributed by atoms with van der Waals surface area (Å²) in [4.78, 5) is 12.8. The molecule has 1 amide bonds. The van der Waals surface area contributed by atoms with E-state index in [-0.39, 0.29) is 11.5 Å². The summed E-state index contributed by atoms with van der Waals surface area (Å²) in [6.07, 6.45) is 1.70. The predicted molar refractivity (Wildman–Crippen MR) is 82.2 cm³/mol. The van der Waals surface area contributed by atoms with Crippen LogP contribution < -0.4 is 11.5 Å². The normalized spacial score (nSPS) is 21.4. The van der Waals surface area contributed by atoms with Gasteiger partial charge in [-0.15, -0.1) is 11.3 Å². The van der Waals surface area contributed by atoms with E-state index in [1.165, 1.54) is 21.9 Å². The van der Waals surface area contributed by atoms with E-state index in [0.29, 0.717) is 10.6 Å². The van der Waals surface area contributed by atoms with Crippen molar-refractivity contribution in [1.29, 1.82) is 0 Å². The number of carbonyl (C=O) groups is 1. The van der Waals surface area contributed by atoms with Crippen LogP contribution in [0, 0.1) is 0 Å². The number of nitrogen functional groups attached to an aromatic ring is 1. The zero-order valence-electron chi connectivity index (χ0n) is 12.1. The van der Waals surface area contributed by atoms with Crippen molar-refractivity contribution >= 4 is 28.0 Å². The molecule has 1 aliphatic heterocycles. The van der Waals surface area contributed by atoms with Crippen molar-refractivity contribution in [3.05, 3.63) is 16.0 Å². The third-order valence-corrected chi connectivity index (χ3v) is 5.22. The molecule has 108 valence electrons. The molecule has 5 nitrogen and oxygen atoms in total. The van der Waals surface area contributed by atoms with Crippen molar-refractivity contribution in [1.82, 2.24) is 5.01 Å². The van der Waals surface area contributed by atoms with Crippen LogP contribution in [0.5, 0.6) is 0 Å². The fraction of sp³-hybridized carbons (Fsp3) is 0.571. The number of nitrogens with zero attached hydrogens (tertiary/aromatic N) is 2. The van der Waals surface area contributed by atoms with Gasteiger partial charge < -0.3 is 11.5 Å². The van der Waals surface area contributed by atoms with Crippen LogP contribution in [0.15, 0.2) is 5.10 Å². The standard InChI is InChI=1S/C14H20N4OS/c1-14(2,3)18-6-8-9(17-18)5-4-7-10(12(15)19)13(16)20-11(7)8/h8H,4-6,16H2,1-3H3,(H2,15,19). The van der Waals surface area contributed by atoms with Crippen molar-refractivity contribution in [2.45, 2.75) is 45.1 Å². The minimum Gasteiger partial charge on any atom is -0.390 e. The van der Waals surface area contributed by atoms with Gasteiger partial charge in [-0.25, -0.2) is 0 Å². The highest BCUT2D eigenvalue weighted by atomic mass is 32.1. The Hall–Kier alpha value is -1.56. The Morgan fingerprint density at radius 3 is 2.70 bits per heavy atom. The van der Waals surface area contributed by atoms with Gasteiger partial charge in [-0.1, -0.05) is 0 Å². The van der Waals surface area contributed by atoms with Gasteiger partial charge in [0.15, 0.2) is 0 Å². The second-order valence-corrected chi connectivity index (χ2v) is 7.53. The third-order valence-electron chi connectivity index (χ3n) is 4.04. The SMILES string of the molecule is CC(C)(C)N1CC2C(=N1)CCc1c2sc(N)c1C(N)=O. The number of hydrazone groups is 1. The van der Waals surface area contributed by atoms with Crippen LogP contribution >= 0.6 is 11.3 Å². The van der Waals surface area contributed by atoms with Crippen molar-refractivity contribution in [3.8, 4) is 0 Å². The summed E-state index contributed by atoms with van der Waals surface area (Å²) in [5, 5.41) is 7.46. The monoisotopic (exact) mass is 292 g/mol. The second kappa shape index (κ2) is 4.22. The van der Waals surface area contributed by atoms with Crippen LogP contribution in [0.1, 0.15) is 53.9 Å². The lowest BCUT2D eigenvalue weighted by atomic mass is 9.86. The van der Waals surface area contributed by atoms with Crippen LogP contribution in [0.4, 0.5) is 5.00 Å². The molecule has 1 aromatic rings. The summed E-state index contributed by atoms with van der Waals surface area (Å²) in [5.74, 6) is -0.135. The molecule has 6 heteroatoms. The lowest BCUT2D eigenvalue weighted by Gasteiger charge is -2.30. The molecule has 2 heterocycles. The summed E-state index contributed by atoms with van der Waals surface area (Å²) < 4.78 is 0. The van der Waals surface area contributed by atoms with Crippen molar-refractivity contribution in [2.24, 2.45) is 10.8 Å². The minimum atomic E-state index is -0.411. The highest BCUT2D eigenvalue weighted by molar-refractivity contribution is 7.16. The number of hydrogen-bond donors (Lipinski definition) is 2. The van der Waals surface area contributed by atoms with Gasteiger partial charge in [-0.2, -0.15) is 5.10 Å². The summed E-state index contributed by atoms with van der Waals surface area (Å²) in [7, 11) is 0. The molecule has 4 N–H and O–H groups in total. The van der Waals surface area contributed by atoms with E-state index in [9.17, 15) is 4.79 Å². The van der Waals surface area contributed by atoms with Gasteiger partial charge in [0.25, 0.3) is 5.91 Å². The predicted octanol–water partition coefficient (Wildman–Crippen LogP) is 1.93. The molecule has 0 radical (unpaired) electrons. The van der Waals surface area contributed by atoms with Gasteiger partial charge in [0.1, 0.15) is 0 Å². The maximum Gasteiger partial charge on any atom is 0.251 e. The van der Waals surface area contributed by atoms with Crippen molar-refractivity contribution < 1.29 is 4.79 Å². The van der Waals surface area contributed by atoms with Crippen molar-refractivity contribution in [3.63, 3.8) is 0 Å². The summed E-state index contributed by atoms with van der Waals surface area (Å²) >= 11 is 1.50. The zero-order valence-corrected chi connectivity index (χ0v) is 12.9. The maximum absolute atomic E-state index is 11.6. The van der Waals surface area contributed by atoms with E-state index in [1.807, 2.05) is 0 Å². The molecule has 1 aromatic heterocycles. The largest absolute Gasteiger partial charge is 0.390 e. The lowest BCUT2D eigenvalue weighted by Crippen LogP contribution is -2.36. The summed E-state index contributed by atoms with van der Waals surface area (Å²) in [5.41, 5.74) is 14.3. The van der Waals surface area contributed by atoms with Crippen LogP contribution in [0.2, 0.25) is 0 Å². The molecule has 0 aromatic carbocycles. The summed E-state index contributed by atoms with van der Waals surface area (Å²) in [6.45, 7) is 7.34. The Kier molecular flexibility index (Phi) is 2.83. The fourth-order valence-corrected chi connectivity index (χ4v) is 4.23. The number of anilines is 1. The van der Waals surface area contributed by atoms with Gasteiger partial charge >= 0.3 is 0 Å². The molecular formula is C14H20N4OS. The number of fused-ring (bicyclic) bond motifs is 3. The molecule has 0 saturated heterocycles. The van der Waals surface area contributed by atoms with Crippen molar-refractivity contribution in [2.75, 3.05) is 12.3 Å². The number of nitrogens with two attached hydrogens (primary N) is 2. The Morgan fingerprint density at radius 2 is 2.10 bits per heavy atom. The van der Waals surface area contributed by atoms with Gasteiger partial charge in [0.05, 0.1) is 16.5 Å². The van der Waals surface area contributed by atoms with Gasteiger partial charge in [-0.05, 0) is 39.2 Å². The Morgan fingerprint density at radius 1 is 1.40 bits per heavy atom. The first-order chi connectivity index (χ1) is 9.29. The Bertz CT molecular complexity index is 611. The molecule has 0 bridgehead atoms. The zero-order chi connectivity index (χ0) is 14.7. The molecular weight excluding hydrogens is 272 g/mol. The number of hydrogen-bond acceptors (Lipinski definition) is 5. The number of rotatable bonds is 1. The second-order valence-electron chi connectivity index (χ2n) is 6.45. The Labute approximate surface area is 122 Å². The number of thiophene rings is 1. The molecule has 0 fully saturated rings. The number of carbonyl (C=O) groups excluding carboxylic acids is 1. The average Bonchev–Trinajstić information content (AvgIpc) is 2.86. The van der Waals surface area contributed by atoms with Gasteiger partial charge in [0.2, 0.25) is 0 Å². The Balaban J connectivity index is 2.02. The van der Waals surface area contributed by atoms with E-state index in [1.54, 1.807) is 0 Å². The van der Waals surface area contributed by atoms with E-state index in [2.05, 4.69) is 25.8 Å². The third kappa shape index (κ3) is 1.90. The van der Waals surface area contributed by atoms with E-state index < -0.39 is 5.91 Å². The average molecular weight is 292 g/mol. The molecule has 0 spiro atoms. The van der Waals surface area contributed by atoms with E-state index in [4.69, 9.17) is 16.6 Å². The highest BCUT2D eigenvalue weighted by Crippen LogP contribution is 2.44. The number of primary amides is 1. The topological polar surface area (TPSA) is 84.7 Å². The highest BCUT2D eigenvalue weighted by Gasteiger charge is 2.39. The van der Waals surface area contributed by atoms with Crippen LogP contribution in [0.25, 0.3) is 0 Å². The molecule has 2 aliphatic rings. The van der Waals surface area contributed by atoms with Gasteiger partial charge in [0, 0.05) is 22.7 Å². The van der Waals surface area contributed by atoms with Crippen LogP contribution in [-0.4, -0.2) is 28.7 Å². The molecule has 20 heavy (non-hydrogen) atoms. The fourth-order valence-electron chi connectivity index (χ4n) is 2.98. The molecule has 1 unspecified atom stereocenters. The smallest absolute Gasteiger partial charge is 0.251 e. The van der Waals surface area contributed by atoms with Gasteiger partial charge in [-0.3, -0.25) is 9.80 Å². The maximum atomic E-state index is 11.6. The van der Waals surface area contributed by atoms with E-state index >= 15 is 0 Å². The first-order valence-corrected chi connectivity index (χ1v) is 7.66. The quantitative estimate of drug-likeness (QED) is 0.829. The molecule has 1 atom stereocenters. The molecule has 3 rings (SSSR count). The van der Waals surface area contributed by atoms with Crippen LogP contribution in [-0.2, 0) is 6.42 Å². The van der Waals surface area contributed by atoms with E-state index in [0.717, 1.165) is 24.9 Å². The summed E-state index contributed by atoms with van der Waals surface area (Å²) in [6, 6.07) is 0. The molecule has 1 aliphatic carbocycles. The van der Waals surface area contributed by atoms with Crippen LogP contribution in [0.3, 0.4) is 0 Å². The number of amides is 1. The first kappa shape index (κ1) is 13.4. The first-order valence-electron chi connectivity index (χ1n) is 6.85. The minimum absolute atomic E-state index is 0.0137.